The number of rotatable bonds is 13. The number of hydrogen-bond donors (Lipinski definition) is 2. The fraction of sp³-hybridized carbons (Fsp3) is 0.394. The average molecular weight is 600 g/mol. The van der Waals surface area contributed by atoms with Crippen molar-refractivity contribution in [1.29, 1.82) is 0 Å². The minimum absolute atomic E-state index is 0.0278. The number of amides is 2. The third-order valence-corrected chi connectivity index (χ3v) is 7.93. The fourth-order valence-corrected chi connectivity index (χ4v) is 5.63. The highest BCUT2D eigenvalue weighted by Gasteiger charge is 2.32. The topological polar surface area (TPSA) is 158 Å². The number of unbranched alkanes of at least 4 members (excludes halogenated alkanes) is 1. The maximum absolute atomic E-state index is 12.6. The zero-order chi connectivity index (χ0) is 31.4. The largest absolute Gasteiger partial charge is 0.507 e. The Morgan fingerprint density at radius 1 is 1.00 bits per heavy atom. The molecule has 0 atom stereocenters. The van der Waals surface area contributed by atoms with E-state index in [0.29, 0.717) is 40.5 Å². The Hall–Kier alpha value is -4.80. The number of pyridine rings is 1. The predicted octanol–water partition coefficient (Wildman–Crippen LogP) is 4.85. The van der Waals surface area contributed by atoms with Crippen molar-refractivity contribution in [1.82, 2.24) is 19.6 Å². The summed E-state index contributed by atoms with van der Waals surface area (Å²) in [7, 11) is 0. The van der Waals surface area contributed by atoms with Gasteiger partial charge in [-0.05, 0) is 48.9 Å². The lowest BCUT2D eigenvalue weighted by Gasteiger charge is -2.15. The Morgan fingerprint density at radius 3 is 2.50 bits per heavy atom. The van der Waals surface area contributed by atoms with E-state index in [-0.39, 0.29) is 50.1 Å². The molecule has 1 aliphatic rings. The lowest BCUT2D eigenvalue weighted by atomic mass is 9.98. The quantitative estimate of drug-likeness (QED) is 0.205. The van der Waals surface area contributed by atoms with Gasteiger partial charge < -0.3 is 20.2 Å². The molecule has 1 aliphatic heterocycles. The Labute approximate surface area is 255 Å². The molecule has 0 bridgehead atoms. The molecule has 1 saturated heterocycles. The van der Waals surface area contributed by atoms with E-state index in [1.165, 1.54) is 0 Å². The molecule has 0 unspecified atom stereocenters. The summed E-state index contributed by atoms with van der Waals surface area (Å²) >= 11 is 0. The lowest BCUT2D eigenvalue weighted by molar-refractivity contribution is -0.197. The predicted molar refractivity (Wildman–Crippen MR) is 164 cm³/mol. The van der Waals surface area contributed by atoms with E-state index in [0.717, 1.165) is 47.1 Å². The van der Waals surface area contributed by atoms with Crippen molar-refractivity contribution < 1.29 is 29.1 Å². The van der Waals surface area contributed by atoms with Crippen LogP contribution in [0, 0.1) is 6.92 Å². The summed E-state index contributed by atoms with van der Waals surface area (Å²) < 4.78 is 2.19. The van der Waals surface area contributed by atoms with Gasteiger partial charge in [0, 0.05) is 50.5 Å². The van der Waals surface area contributed by atoms with Gasteiger partial charge in [0.15, 0.2) is 5.82 Å². The van der Waals surface area contributed by atoms with E-state index in [4.69, 9.17) is 15.6 Å². The summed E-state index contributed by atoms with van der Waals surface area (Å²) in [5.41, 5.74) is 11.1. The molecule has 0 saturated carbocycles. The molecule has 2 amide bonds. The number of imidazole rings is 1. The van der Waals surface area contributed by atoms with Crippen LogP contribution in [0.25, 0.3) is 21.9 Å². The standard InChI is InChI=1S/C33H37N5O6/c1-3-4-11-26-36-30-31(24-9-5-6-10-25(24)35-33(30)34)37(26)19-21-17-20(2)32(43)22(18-21)13-14-23(39)8-7-12-29(42)44-38-27(40)15-16-28(38)41/h5-6,9-10,17-18,43H,3-4,7-8,11-16,19H2,1-2H3,(H2,34,35). The van der Waals surface area contributed by atoms with Crippen LogP contribution in [0.15, 0.2) is 36.4 Å². The number of hydrogen-bond acceptors (Lipinski definition) is 9. The molecule has 44 heavy (non-hydrogen) atoms. The molecule has 0 radical (unpaired) electrons. The number of aromatic hydroxyl groups is 1. The van der Waals surface area contributed by atoms with E-state index in [1.807, 2.05) is 43.3 Å². The van der Waals surface area contributed by atoms with Crippen molar-refractivity contribution in [3.8, 4) is 5.75 Å². The number of fused-ring (bicyclic) bond motifs is 3. The Bertz CT molecular complexity index is 1740. The number of carbonyl (C=O) groups excluding carboxylic acids is 4. The van der Waals surface area contributed by atoms with Crippen LogP contribution in [0.3, 0.4) is 0 Å². The Kier molecular flexibility index (Phi) is 9.22. The van der Waals surface area contributed by atoms with Crippen molar-refractivity contribution >= 4 is 51.3 Å². The van der Waals surface area contributed by atoms with E-state index in [1.54, 1.807) is 0 Å². The van der Waals surface area contributed by atoms with E-state index >= 15 is 0 Å². The number of anilines is 1. The molecule has 3 heterocycles. The Balaban J connectivity index is 1.29. The highest BCUT2D eigenvalue weighted by molar-refractivity contribution is 6.06. The second kappa shape index (κ2) is 13.2. The lowest BCUT2D eigenvalue weighted by Crippen LogP contribution is -2.32. The first-order valence-corrected chi connectivity index (χ1v) is 15.1. The molecule has 2 aromatic heterocycles. The van der Waals surface area contributed by atoms with Crippen LogP contribution < -0.4 is 5.73 Å². The van der Waals surface area contributed by atoms with Crippen LogP contribution in [0.5, 0.6) is 5.75 Å². The molecular formula is C33H37N5O6. The number of nitrogens with zero attached hydrogens (tertiary/aromatic N) is 4. The number of phenolic OH excluding ortho intramolecular Hbond substituents is 1. The number of aryl methyl sites for hydroxylation is 3. The minimum Gasteiger partial charge on any atom is -0.507 e. The van der Waals surface area contributed by atoms with Gasteiger partial charge in [-0.2, -0.15) is 0 Å². The number of nitrogens with two attached hydrogens (primary N) is 1. The molecule has 1 fully saturated rings. The summed E-state index contributed by atoms with van der Waals surface area (Å²) in [6, 6.07) is 11.7. The molecule has 4 aromatic rings. The SMILES string of the molecule is CCCCc1nc2c(N)nc3ccccc3c2n1Cc1cc(C)c(O)c(CCC(=O)CCCC(=O)ON2C(=O)CCC2=O)c1. The number of hydroxylamine groups is 2. The van der Waals surface area contributed by atoms with Gasteiger partial charge in [0.2, 0.25) is 0 Å². The normalized spacial score (nSPS) is 13.4. The summed E-state index contributed by atoms with van der Waals surface area (Å²) in [6.07, 6.45) is 3.66. The van der Waals surface area contributed by atoms with E-state index in [2.05, 4.69) is 16.5 Å². The van der Waals surface area contributed by atoms with Crippen LogP contribution in [0.4, 0.5) is 5.82 Å². The second-order valence-corrected chi connectivity index (χ2v) is 11.3. The van der Waals surface area contributed by atoms with Gasteiger partial charge in [-0.15, -0.1) is 5.06 Å². The van der Waals surface area contributed by atoms with E-state index in [9.17, 15) is 24.3 Å². The molecule has 0 aliphatic carbocycles. The number of Topliss-reactive ketones (excluding diaryl/α,β-unsaturated/α-hetero) is 1. The van der Waals surface area contributed by atoms with Gasteiger partial charge in [0.25, 0.3) is 11.8 Å². The van der Waals surface area contributed by atoms with Crippen molar-refractivity contribution in [3.05, 3.63) is 58.9 Å². The zero-order valence-electron chi connectivity index (χ0n) is 25.1. The van der Waals surface area contributed by atoms with Gasteiger partial charge in [-0.1, -0.05) is 43.7 Å². The summed E-state index contributed by atoms with van der Waals surface area (Å²) in [6.45, 7) is 4.49. The minimum atomic E-state index is -0.724. The summed E-state index contributed by atoms with van der Waals surface area (Å²) in [5.74, 6) is -0.391. The number of benzene rings is 2. The van der Waals surface area contributed by atoms with Crippen LogP contribution in [0.2, 0.25) is 0 Å². The first-order valence-electron chi connectivity index (χ1n) is 15.1. The summed E-state index contributed by atoms with van der Waals surface area (Å²) in [5, 5.41) is 12.3. The van der Waals surface area contributed by atoms with Crippen LogP contribution in [0.1, 0.15) is 80.8 Å². The molecule has 3 N–H and O–H groups in total. The number of aromatic nitrogens is 3. The third-order valence-electron chi connectivity index (χ3n) is 7.93. The first-order chi connectivity index (χ1) is 21.2. The van der Waals surface area contributed by atoms with Crippen molar-refractivity contribution in [2.45, 2.75) is 84.6 Å². The van der Waals surface area contributed by atoms with Crippen LogP contribution >= 0.6 is 0 Å². The molecule has 11 nitrogen and oxygen atoms in total. The zero-order valence-corrected chi connectivity index (χ0v) is 25.1. The number of para-hydroxylation sites is 1. The highest BCUT2D eigenvalue weighted by atomic mass is 16.7. The fourth-order valence-electron chi connectivity index (χ4n) is 5.63. The average Bonchev–Trinajstić information content (AvgIpc) is 3.52. The number of carbonyl (C=O) groups is 4. The first kappa shape index (κ1) is 30.7. The van der Waals surface area contributed by atoms with Crippen LogP contribution in [-0.2, 0) is 43.4 Å². The van der Waals surface area contributed by atoms with Crippen molar-refractivity contribution in [3.63, 3.8) is 0 Å². The van der Waals surface area contributed by atoms with Gasteiger partial charge in [-0.25, -0.2) is 14.8 Å². The maximum Gasteiger partial charge on any atom is 0.333 e. The monoisotopic (exact) mass is 599 g/mol. The van der Waals surface area contributed by atoms with E-state index < -0.39 is 17.8 Å². The number of nitrogen functional groups attached to an aromatic ring is 1. The number of imide groups is 1. The molecule has 11 heteroatoms. The van der Waals surface area contributed by atoms with Gasteiger partial charge in [-0.3, -0.25) is 14.4 Å². The van der Waals surface area contributed by atoms with Gasteiger partial charge >= 0.3 is 5.97 Å². The van der Waals surface area contributed by atoms with Crippen molar-refractivity contribution in [2.24, 2.45) is 0 Å². The molecule has 5 rings (SSSR count). The molecule has 0 spiro atoms. The van der Waals surface area contributed by atoms with Gasteiger partial charge in [0.1, 0.15) is 22.9 Å². The van der Waals surface area contributed by atoms with Crippen molar-refractivity contribution in [2.75, 3.05) is 5.73 Å². The Morgan fingerprint density at radius 2 is 1.75 bits per heavy atom. The highest BCUT2D eigenvalue weighted by Crippen LogP contribution is 2.32. The number of phenols is 1. The smallest absolute Gasteiger partial charge is 0.333 e. The number of ketones is 1. The second-order valence-electron chi connectivity index (χ2n) is 11.3. The maximum atomic E-state index is 12.6. The molecule has 230 valence electrons. The third kappa shape index (κ3) is 6.56. The van der Waals surface area contributed by atoms with Crippen LogP contribution in [-0.4, -0.2) is 48.3 Å². The molecule has 2 aromatic carbocycles. The van der Waals surface area contributed by atoms with Gasteiger partial charge in [0.05, 0.1) is 11.0 Å². The molecular weight excluding hydrogens is 562 g/mol. The summed E-state index contributed by atoms with van der Waals surface area (Å²) in [4.78, 5) is 62.2.